The summed E-state index contributed by atoms with van der Waals surface area (Å²) < 4.78 is 20.7. The standard InChI is InChI=1S/C50H98O3SSi/c1-5-8-11-14-17-20-23-26-29-32-35-38-44-51-55(48-43-49(4)50-42-41-47-54-50,52-45-39-36-33-30-27-24-21-18-15-12-9-6-2)53-46-40-37-34-31-28-25-22-19-16-13-10-7-3/h41-42,47,49H,5-40,43-46,48H2,1-4H3. The van der Waals surface area contributed by atoms with Crippen LogP contribution in [0.1, 0.15) is 276 Å². The molecule has 55 heavy (non-hydrogen) atoms. The molecule has 1 atom stereocenters. The van der Waals surface area contributed by atoms with Gasteiger partial charge in [0.05, 0.1) is 0 Å². The first-order valence-electron chi connectivity index (χ1n) is 25.1. The maximum absolute atomic E-state index is 6.90. The molecule has 326 valence electrons. The van der Waals surface area contributed by atoms with Crippen molar-refractivity contribution < 1.29 is 13.3 Å². The summed E-state index contributed by atoms with van der Waals surface area (Å²) in [5.41, 5.74) is 0. The van der Waals surface area contributed by atoms with Crippen molar-refractivity contribution in [3.05, 3.63) is 22.4 Å². The minimum Gasteiger partial charge on any atom is -0.373 e. The third-order valence-electron chi connectivity index (χ3n) is 11.9. The second-order valence-electron chi connectivity index (χ2n) is 17.4. The summed E-state index contributed by atoms with van der Waals surface area (Å²) in [4.78, 5) is 1.48. The zero-order chi connectivity index (χ0) is 39.6. The van der Waals surface area contributed by atoms with Crippen LogP contribution in [0.3, 0.4) is 0 Å². The van der Waals surface area contributed by atoms with Crippen LogP contribution in [-0.4, -0.2) is 28.6 Å². The predicted octanol–water partition coefficient (Wildman–Crippen LogP) is 18.3. The first-order chi connectivity index (χ1) is 27.2. The fourth-order valence-corrected chi connectivity index (χ4v) is 11.6. The lowest BCUT2D eigenvalue weighted by atomic mass is 10.1. The maximum Gasteiger partial charge on any atom is 0.500 e. The molecule has 0 aliphatic carbocycles. The van der Waals surface area contributed by atoms with E-state index < -0.39 is 8.80 Å². The summed E-state index contributed by atoms with van der Waals surface area (Å²) in [6, 6.07) is 5.44. The van der Waals surface area contributed by atoms with Gasteiger partial charge in [-0.25, -0.2) is 0 Å². The van der Waals surface area contributed by atoms with Crippen molar-refractivity contribution in [2.24, 2.45) is 0 Å². The quantitative estimate of drug-likeness (QED) is 0.0485. The van der Waals surface area contributed by atoms with Crippen LogP contribution >= 0.6 is 11.3 Å². The fraction of sp³-hybridized carbons (Fsp3) is 0.920. The molecule has 0 bridgehead atoms. The van der Waals surface area contributed by atoms with Gasteiger partial charge in [0.15, 0.2) is 0 Å². The molecule has 0 radical (unpaired) electrons. The average Bonchev–Trinajstić information content (AvgIpc) is 3.75. The van der Waals surface area contributed by atoms with E-state index in [-0.39, 0.29) is 0 Å². The van der Waals surface area contributed by atoms with Crippen LogP contribution in [0, 0.1) is 0 Å². The highest BCUT2D eigenvalue weighted by molar-refractivity contribution is 7.10. The lowest BCUT2D eigenvalue weighted by Crippen LogP contribution is -2.47. The molecule has 1 heterocycles. The Morgan fingerprint density at radius 1 is 0.418 bits per heavy atom. The summed E-state index contributed by atoms with van der Waals surface area (Å²) in [7, 11) is -2.77. The topological polar surface area (TPSA) is 27.7 Å². The third kappa shape index (κ3) is 34.4. The molecule has 1 unspecified atom stereocenters. The first-order valence-corrected chi connectivity index (χ1v) is 27.9. The van der Waals surface area contributed by atoms with Crippen LogP contribution in [0.5, 0.6) is 0 Å². The minimum atomic E-state index is -2.77. The highest BCUT2D eigenvalue weighted by Crippen LogP contribution is 2.30. The van der Waals surface area contributed by atoms with Crippen molar-refractivity contribution in [2.45, 2.75) is 277 Å². The lowest BCUT2D eigenvalue weighted by molar-refractivity contribution is 0.0544. The zero-order valence-corrected chi connectivity index (χ0v) is 39.8. The Kier molecular flexibility index (Phi) is 40.3. The smallest absolute Gasteiger partial charge is 0.373 e. The van der Waals surface area contributed by atoms with Gasteiger partial charge in [-0.15, -0.1) is 11.3 Å². The number of hydrogen-bond donors (Lipinski definition) is 0. The van der Waals surface area contributed by atoms with E-state index in [9.17, 15) is 0 Å². The van der Waals surface area contributed by atoms with Gasteiger partial charge < -0.3 is 13.3 Å². The summed E-state index contributed by atoms with van der Waals surface area (Å²) in [6.45, 7) is 11.7. The molecular formula is C50H98O3SSi. The van der Waals surface area contributed by atoms with Gasteiger partial charge in [0.2, 0.25) is 0 Å². The Hall–Kier alpha value is -0.203. The predicted molar refractivity (Wildman–Crippen MR) is 249 cm³/mol. The van der Waals surface area contributed by atoms with Crippen molar-refractivity contribution in [3.63, 3.8) is 0 Å². The van der Waals surface area contributed by atoms with Gasteiger partial charge in [0, 0.05) is 30.7 Å². The Morgan fingerprint density at radius 3 is 0.945 bits per heavy atom. The number of hydrogen-bond acceptors (Lipinski definition) is 4. The van der Waals surface area contributed by atoms with Gasteiger partial charge in [-0.2, -0.15) is 0 Å². The molecule has 5 heteroatoms. The SMILES string of the molecule is CCCCCCCCCCCCCCO[Si](CCC(C)c1cccs1)(OCCCCCCCCCCCCCC)OCCCCCCCCCCCCCC. The molecule has 0 aliphatic rings. The first kappa shape index (κ1) is 52.8. The van der Waals surface area contributed by atoms with E-state index in [4.69, 9.17) is 13.3 Å². The van der Waals surface area contributed by atoms with Crippen molar-refractivity contribution in [3.8, 4) is 0 Å². The second-order valence-corrected chi connectivity index (χ2v) is 21.1. The molecule has 0 amide bonds. The molecule has 1 rings (SSSR count). The summed E-state index contributed by atoms with van der Waals surface area (Å²) in [5.74, 6) is 0.521. The van der Waals surface area contributed by atoms with Gasteiger partial charge in [0.25, 0.3) is 0 Å². The maximum atomic E-state index is 6.90. The van der Waals surface area contributed by atoms with Crippen molar-refractivity contribution in [1.29, 1.82) is 0 Å². The van der Waals surface area contributed by atoms with E-state index in [2.05, 4.69) is 45.2 Å². The van der Waals surface area contributed by atoms with E-state index in [1.807, 2.05) is 11.3 Å². The van der Waals surface area contributed by atoms with Crippen molar-refractivity contribution in [1.82, 2.24) is 0 Å². The molecule has 0 N–H and O–H groups in total. The normalized spacial score (nSPS) is 12.6. The summed E-state index contributed by atoms with van der Waals surface area (Å²) in [5, 5.41) is 2.22. The monoisotopic (exact) mass is 807 g/mol. The van der Waals surface area contributed by atoms with E-state index in [1.54, 1.807) is 0 Å². The average molecular weight is 807 g/mol. The fourth-order valence-electron chi connectivity index (χ4n) is 7.96. The largest absolute Gasteiger partial charge is 0.500 e. The molecule has 0 aliphatic heterocycles. The van der Waals surface area contributed by atoms with Crippen molar-refractivity contribution >= 4 is 20.1 Å². The van der Waals surface area contributed by atoms with Crippen LogP contribution in [0.4, 0.5) is 0 Å². The van der Waals surface area contributed by atoms with E-state index in [0.29, 0.717) is 5.92 Å². The summed E-state index contributed by atoms with van der Waals surface area (Å²) >= 11 is 1.89. The van der Waals surface area contributed by atoms with Gasteiger partial charge in [-0.3, -0.25) is 0 Å². The van der Waals surface area contributed by atoms with Gasteiger partial charge in [0.1, 0.15) is 0 Å². The van der Waals surface area contributed by atoms with Crippen LogP contribution in [0.15, 0.2) is 17.5 Å². The molecule has 0 aromatic carbocycles. The summed E-state index contributed by atoms with van der Waals surface area (Å²) in [6.07, 6.45) is 50.3. The molecule has 1 aromatic rings. The highest BCUT2D eigenvalue weighted by Gasteiger charge is 2.41. The molecule has 1 aromatic heterocycles. The Bertz CT molecular complexity index is 774. The van der Waals surface area contributed by atoms with Crippen LogP contribution in [-0.2, 0) is 13.3 Å². The minimum absolute atomic E-state index is 0.521. The molecular weight excluding hydrogens is 709 g/mol. The van der Waals surface area contributed by atoms with Crippen LogP contribution in [0.2, 0.25) is 6.04 Å². The molecule has 3 nitrogen and oxygen atoms in total. The Balaban J connectivity index is 2.56. The van der Waals surface area contributed by atoms with Gasteiger partial charge >= 0.3 is 8.80 Å². The number of unbranched alkanes of at least 4 members (excludes halogenated alkanes) is 33. The van der Waals surface area contributed by atoms with E-state index in [0.717, 1.165) is 51.5 Å². The van der Waals surface area contributed by atoms with Crippen LogP contribution in [0.25, 0.3) is 0 Å². The Morgan fingerprint density at radius 2 is 0.691 bits per heavy atom. The molecule has 0 spiro atoms. The van der Waals surface area contributed by atoms with E-state index in [1.165, 1.54) is 217 Å². The number of rotatable bonds is 46. The molecule has 0 fully saturated rings. The third-order valence-corrected chi connectivity index (χ3v) is 15.8. The highest BCUT2D eigenvalue weighted by atomic mass is 32.1. The van der Waals surface area contributed by atoms with E-state index >= 15 is 0 Å². The number of thiophene rings is 1. The van der Waals surface area contributed by atoms with Crippen molar-refractivity contribution in [2.75, 3.05) is 19.8 Å². The zero-order valence-electron chi connectivity index (χ0n) is 37.9. The van der Waals surface area contributed by atoms with Gasteiger partial charge in [-0.05, 0) is 43.0 Å². The molecule has 0 saturated carbocycles. The molecule has 0 saturated heterocycles. The lowest BCUT2D eigenvalue weighted by Gasteiger charge is -2.31. The van der Waals surface area contributed by atoms with Crippen LogP contribution < -0.4 is 0 Å². The second kappa shape index (κ2) is 41.9. The van der Waals surface area contributed by atoms with Gasteiger partial charge in [-0.1, -0.05) is 246 Å². The Labute approximate surface area is 351 Å².